The summed E-state index contributed by atoms with van der Waals surface area (Å²) in [7, 11) is 1.24. The lowest BCUT2D eigenvalue weighted by Gasteiger charge is -2.08. The van der Waals surface area contributed by atoms with Crippen molar-refractivity contribution in [1.82, 2.24) is 4.98 Å². The van der Waals surface area contributed by atoms with Crippen LogP contribution in [0.15, 0.2) is 59.5 Å². The van der Waals surface area contributed by atoms with Gasteiger partial charge in [0.05, 0.1) is 12.6 Å². The number of methoxy groups -OCH3 is 1. The van der Waals surface area contributed by atoms with E-state index in [0.717, 1.165) is 5.56 Å². The molecule has 2 aromatic carbocycles. The van der Waals surface area contributed by atoms with Crippen molar-refractivity contribution in [1.29, 1.82) is 0 Å². The van der Waals surface area contributed by atoms with Crippen molar-refractivity contribution in [3.63, 3.8) is 0 Å². The Morgan fingerprint density at radius 1 is 1.13 bits per heavy atom. The van der Waals surface area contributed by atoms with Crippen molar-refractivity contribution in [2.24, 2.45) is 0 Å². The minimum atomic E-state index is -0.655. The Morgan fingerprint density at radius 2 is 1.91 bits per heavy atom. The normalized spacial score (nSPS) is 10.5. The van der Waals surface area contributed by atoms with Gasteiger partial charge in [-0.1, -0.05) is 30.3 Å². The third-order valence-electron chi connectivity index (χ3n) is 3.51. The molecule has 1 N–H and O–H groups in total. The van der Waals surface area contributed by atoms with Crippen LogP contribution in [-0.4, -0.2) is 18.1 Å². The number of H-pyrrole nitrogens is 1. The first-order valence-corrected chi connectivity index (χ1v) is 7.09. The van der Waals surface area contributed by atoms with E-state index in [1.54, 1.807) is 18.2 Å². The molecule has 0 radical (unpaired) electrons. The largest absolute Gasteiger partial charge is 0.489 e. The van der Waals surface area contributed by atoms with Crippen LogP contribution in [0.2, 0.25) is 0 Å². The van der Waals surface area contributed by atoms with E-state index >= 15 is 0 Å². The number of esters is 1. The Hall–Kier alpha value is -3.08. The average molecular weight is 309 g/mol. The smallest absolute Gasteiger partial charge is 0.343 e. The van der Waals surface area contributed by atoms with Crippen LogP contribution in [0.3, 0.4) is 0 Å². The van der Waals surface area contributed by atoms with Gasteiger partial charge >= 0.3 is 5.97 Å². The molecule has 0 aliphatic carbocycles. The first kappa shape index (κ1) is 14.8. The molecule has 5 nitrogen and oxygen atoms in total. The molecule has 3 aromatic rings. The van der Waals surface area contributed by atoms with Crippen LogP contribution in [0.5, 0.6) is 5.75 Å². The number of ether oxygens (including phenoxy) is 2. The zero-order valence-electron chi connectivity index (χ0n) is 12.5. The minimum Gasteiger partial charge on any atom is -0.489 e. The molecular formula is C18H15NO4. The lowest BCUT2D eigenvalue weighted by Crippen LogP contribution is -2.16. The number of carbonyl (C=O) groups is 1. The van der Waals surface area contributed by atoms with Gasteiger partial charge in [-0.3, -0.25) is 4.79 Å². The van der Waals surface area contributed by atoms with Gasteiger partial charge in [-0.05, 0) is 17.7 Å². The summed E-state index contributed by atoms with van der Waals surface area (Å²) in [5, 5.41) is 0.417. The Balaban J connectivity index is 1.88. The molecule has 0 aliphatic rings. The van der Waals surface area contributed by atoms with Crippen molar-refractivity contribution in [3.05, 3.63) is 76.1 Å². The molecule has 0 unspecified atom stereocenters. The van der Waals surface area contributed by atoms with Gasteiger partial charge in [0.15, 0.2) is 0 Å². The van der Waals surface area contributed by atoms with E-state index in [4.69, 9.17) is 4.74 Å². The van der Waals surface area contributed by atoms with E-state index in [1.807, 2.05) is 30.3 Å². The highest BCUT2D eigenvalue weighted by atomic mass is 16.5. The van der Waals surface area contributed by atoms with Gasteiger partial charge in [0.25, 0.3) is 0 Å². The number of aromatic amines is 1. The topological polar surface area (TPSA) is 68.4 Å². The van der Waals surface area contributed by atoms with Crippen molar-refractivity contribution in [3.8, 4) is 5.75 Å². The highest BCUT2D eigenvalue weighted by Crippen LogP contribution is 2.18. The molecule has 5 heteroatoms. The Bertz CT molecular complexity index is 900. The Labute approximate surface area is 132 Å². The van der Waals surface area contributed by atoms with Gasteiger partial charge in [-0.25, -0.2) is 4.79 Å². The van der Waals surface area contributed by atoms with E-state index in [1.165, 1.54) is 13.3 Å². The molecule has 0 bridgehead atoms. The molecular weight excluding hydrogens is 294 g/mol. The van der Waals surface area contributed by atoms with Crippen LogP contribution < -0.4 is 10.2 Å². The van der Waals surface area contributed by atoms with Gasteiger partial charge in [0.1, 0.15) is 17.9 Å². The van der Waals surface area contributed by atoms with E-state index in [0.29, 0.717) is 23.3 Å². The van der Waals surface area contributed by atoms with Crippen molar-refractivity contribution < 1.29 is 14.3 Å². The Morgan fingerprint density at radius 3 is 2.65 bits per heavy atom. The van der Waals surface area contributed by atoms with Crippen LogP contribution in [0, 0.1) is 0 Å². The van der Waals surface area contributed by atoms with Crippen LogP contribution >= 0.6 is 0 Å². The zero-order chi connectivity index (χ0) is 16.2. The summed E-state index contributed by atoms with van der Waals surface area (Å²) in [5.41, 5.74) is 1.29. The third kappa shape index (κ3) is 3.08. The van der Waals surface area contributed by atoms with Gasteiger partial charge in [-0.15, -0.1) is 0 Å². The van der Waals surface area contributed by atoms with Gasteiger partial charge in [-0.2, -0.15) is 0 Å². The molecule has 1 aromatic heterocycles. The Kier molecular flexibility index (Phi) is 4.10. The van der Waals surface area contributed by atoms with Crippen LogP contribution in [0.4, 0.5) is 0 Å². The second kappa shape index (κ2) is 6.36. The summed E-state index contributed by atoms with van der Waals surface area (Å²) in [5.74, 6) is -0.0135. The second-order valence-corrected chi connectivity index (χ2v) is 5.00. The fraction of sp³-hybridized carbons (Fsp3) is 0.111. The quantitative estimate of drug-likeness (QED) is 0.752. The lowest BCUT2D eigenvalue weighted by molar-refractivity contribution is 0.0599. The lowest BCUT2D eigenvalue weighted by atomic mass is 10.1. The van der Waals surface area contributed by atoms with E-state index in [2.05, 4.69) is 9.72 Å². The molecule has 1 heterocycles. The predicted octanol–water partition coefficient (Wildman–Crippen LogP) is 2.89. The highest BCUT2D eigenvalue weighted by Gasteiger charge is 2.13. The minimum absolute atomic E-state index is 0.0158. The molecule has 0 saturated heterocycles. The summed E-state index contributed by atoms with van der Waals surface area (Å²) in [6, 6.07) is 14.9. The number of carbonyl (C=O) groups excluding carboxylic acids is 1. The third-order valence-corrected chi connectivity index (χ3v) is 3.51. The number of hydrogen-bond acceptors (Lipinski definition) is 4. The molecule has 0 spiro atoms. The summed E-state index contributed by atoms with van der Waals surface area (Å²) in [6.07, 6.45) is 1.36. The maximum Gasteiger partial charge on any atom is 0.343 e. The van der Waals surface area contributed by atoms with Gasteiger partial charge in [0, 0.05) is 17.6 Å². The number of rotatable bonds is 4. The fourth-order valence-electron chi connectivity index (χ4n) is 2.29. The van der Waals surface area contributed by atoms with Crippen LogP contribution in [0.25, 0.3) is 10.9 Å². The van der Waals surface area contributed by atoms with E-state index in [-0.39, 0.29) is 11.0 Å². The summed E-state index contributed by atoms with van der Waals surface area (Å²) < 4.78 is 10.3. The predicted molar refractivity (Wildman–Crippen MR) is 86.7 cm³/mol. The number of pyridine rings is 1. The van der Waals surface area contributed by atoms with E-state index < -0.39 is 5.97 Å². The molecule has 0 aliphatic heterocycles. The molecule has 116 valence electrons. The first-order valence-electron chi connectivity index (χ1n) is 7.09. The van der Waals surface area contributed by atoms with Crippen molar-refractivity contribution in [2.75, 3.05) is 7.11 Å². The first-order chi connectivity index (χ1) is 11.2. The van der Waals surface area contributed by atoms with Gasteiger partial charge in [0.2, 0.25) is 5.43 Å². The molecule has 3 rings (SSSR count). The monoisotopic (exact) mass is 309 g/mol. The molecule has 0 saturated carbocycles. The summed E-state index contributed by atoms with van der Waals surface area (Å²) in [4.78, 5) is 26.7. The average Bonchev–Trinajstić information content (AvgIpc) is 2.60. The zero-order valence-corrected chi connectivity index (χ0v) is 12.5. The number of fused-ring (bicyclic) bond motifs is 1. The van der Waals surface area contributed by atoms with Crippen LogP contribution in [-0.2, 0) is 11.3 Å². The molecule has 0 atom stereocenters. The summed E-state index contributed by atoms with van der Waals surface area (Å²) in [6.45, 7) is 0.441. The highest BCUT2D eigenvalue weighted by molar-refractivity contribution is 5.93. The molecule has 0 amide bonds. The number of benzene rings is 2. The second-order valence-electron chi connectivity index (χ2n) is 5.00. The summed E-state index contributed by atoms with van der Waals surface area (Å²) >= 11 is 0. The number of hydrogen-bond donors (Lipinski definition) is 1. The maximum atomic E-state index is 12.3. The van der Waals surface area contributed by atoms with Crippen molar-refractivity contribution >= 4 is 16.9 Å². The standard InChI is InChI=1S/C18H15NO4/c1-22-18(21)15-10-19-16-9-13(7-8-14(16)17(15)20)23-11-12-5-3-2-4-6-12/h2-10H,11H2,1H3,(H,19,20). The van der Waals surface area contributed by atoms with Crippen molar-refractivity contribution in [2.45, 2.75) is 6.61 Å². The molecule has 0 fully saturated rings. The SMILES string of the molecule is COC(=O)c1c[nH]c2cc(OCc3ccccc3)ccc2c1=O. The maximum absolute atomic E-state index is 12.3. The molecule has 23 heavy (non-hydrogen) atoms. The van der Waals surface area contributed by atoms with E-state index in [9.17, 15) is 9.59 Å². The number of nitrogens with one attached hydrogen (secondary N) is 1. The number of aromatic nitrogens is 1. The van der Waals surface area contributed by atoms with Gasteiger partial charge < -0.3 is 14.5 Å². The van der Waals surface area contributed by atoms with Crippen LogP contribution in [0.1, 0.15) is 15.9 Å². The fourth-order valence-corrected chi connectivity index (χ4v) is 2.29.